The lowest BCUT2D eigenvalue weighted by Gasteiger charge is -2.14. The number of benzene rings is 1. The summed E-state index contributed by atoms with van der Waals surface area (Å²) in [5, 5.41) is 3.25. The average molecular weight is 335 g/mol. The minimum Gasteiger partial charge on any atom is -0.496 e. The van der Waals surface area contributed by atoms with Crippen molar-refractivity contribution in [2.75, 3.05) is 19.5 Å². The van der Waals surface area contributed by atoms with Crippen LogP contribution in [0.2, 0.25) is 0 Å². The number of anilines is 1. The van der Waals surface area contributed by atoms with Crippen LogP contribution in [0.15, 0.2) is 22.7 Å². The third-order valence-corrected chi connectivity index (χ3v) is 3.29. The molecule has 0 saturated carbocycles. The Morgan fingerprint density at radius 3 is 2.53 bits per heavy atom. The van der Waals surface area contributed by atoms with E-state index >= 15 is 0 Å². The number of nitrogens with one attached hydrogen (secondary N) is 1. The lowest BCUT2D eigenvalue weighted by molar-refractivity contribution is -0.140. The zero-order valence-electron chi connectivity index (χ0n) is 10.1. The van der Waals surface area contributed by atoms with Gasteiger partial charge in [0.15, 0.2) is 0 Å². The predicted octanol–water partition coefficient (Wildman–Crippen LogP) is 4.07. The van der Waals surface area contributed by atoms with Crippen molar-refractivity contribution in [3.63, 3.8) is 0 Å². The highest BCUT2D eigenvalue weighted by atomic mass is 79.9. The van der Waals surface area contributed by atoms with Crippen LogP contribution >= 0.6 is 15.9 Å². The van der Waals surface area contributed by atoms with E-state index in [-0.39, 0.29) is 5.52 Å². The Morgan fingerprint density at radius 2 is 2.00 bits per heavy atom. The zero-order valence-corrected chi connectivity index (χ0v) is 11.7. The molecule has 1 heterocycles. The van der Waals surface area contributed by atoms with Crippen molar-refractivity contribution in [1.82, 2.24) is 4.98 Å². The van der Waals surface area contributed by atoms with Gasteiger partial charge in [0.05, 0.1) is 18.0 Å². The second kappa shape index (κ2) is 4.88. The smallest absolute Gasteiger partial charge is 0.433 e. The first-order valence-electron chi connectivity index (χ1n) is 5.30. The van der Waals surface area contributed by atoms with Gasteiger partial charge in [0.1, 0.15) is 11.4 Å². The predicted molar refractivity (Wildman–Crippen MR) is 70.5 cm³/mol. The number of pyridine rings is 1. The minimum absolute atomic E-state index is 0.207. The lowest BCUT2D eigenvalue weighted by atomic mass is 10.1. The number of aromatic nitrogens is 1. The Morgan fingerprint density at radius 1 is 1.32 bits per heavy atom. The van der Waals surface area contributed by atoms with Crippen molar-refractivity contribution in [1.29, 1.82) is 0 Å². The molecule has 2 aromatic rings. The highest BCUT2D eigenvalue weighted by molar-refractivity contribution is 9.10. The summed E-state index contributed by atoms with van der Waals surface area (Å²) in [7, 11) is 3.01. The van der Waals surface area contributed by atoms with Gasteiger partial charge in [-0.1, -0.05) is 0 Å². The third kappa shape index (κ3) is 2.47. The van der Waals surface area contributed by atoms with Crippen LogP contribution in [0.1, 0.15) is 5.69 Å². The van der Waals surface area contributed by atoms with E-state index in [0.29, 0.717) is 21.3 Å². The molecule has 0 spiro atoms. The van der Waals surface area contributed by atoms with Crippen molar-refractivity contribution in [3.05, 3.63) is 28.4 Å². The molecule has 1 aromatic carbocycles. The van der Waals surface area contributed by atoms with Crippen LogP contribution in [0.3, 0.4) is 0 Å². The highest BCUT2D eigenvalue weighted by Crippen LogP contribution is 2.39. The largest absolute Gasteiger partial charge is 0.496 e. The van der Waals surface area contributed by atoms with Gasteiger partial charge >= 0.3 is 6.18 Å². The first-order chi connectivity index (χ1) is 8.88. The summed E-state index contributed by atoms with van der Waals surface area (Å²) in [6.07, 6.45) is -4.50. The van der Waals surface area contributed by atoms with E-state index in [1.165, 1.54) is 7.11 Å². The Labute approximate surface area is 115 Å². The first-order valence-corrected chi connectivity index (χ1v) is 6.10. The van der Waals surface area contributed by atoms with Crippen LogP contribution < -0.4 is 10.1 Å². The van der Waals surface area contributed by atoms with Crippen LogP contribution in [0, 0.1) is 0 Å². The van der Waals surface area contributed by atoms with Gasteiger partial charge in [0.25, 0.3) is 0 Å². The Hall–Kier alpha value is -1.50. The van der Waals surface area contributed by atoms with Gasteiger partial charge in [-0.3, -0.25) is 0 Å². The molecule has 0 amide bonds. The van der Waals surface area contributed by atoms with E-state index in [4.69, 9.17) is 4.74 Å². The molecule has 1 N–H and O–H groups in total. The number of ether oxygens (including phenoxy) is 1. The van der Waals surface area contributed by atoms with E-state index < -0.39 is 11.9 Å². The van der Waals surface area contributed by atoms with Crippen molar-refractivity contribution in [3.8, 4) is 5.75 Å². The maximum absolute atomic E-state index is 12.8. The lowest BCUT2D eigenvalue weighted by Crippen LogP contribution is -2.09. The van der Waals surface area contributed by atoms with Crippen molar-refractivity contribution in [2.45, 2.75) is 6.18 Å². The zero-order chi connectivity index (χ0) is 14.2. The second-order valence-corrected chi connectivity index (χ2v) is 4.63. The Kier molecular flexibility index (Phi) is 3.58. The standard InChI is InChI=1S/C12H10BrF3N2O/c1-17-7-5-9(12(14,15)16)18-11-6(13)3-4-8(19-2)10(7)11/h3-5H,1-2H3,(H,17,18). The number of nitrogens with zero attached hydrogens (tertiary/aromatic N) is 1. The summed E-state index contributed by atoms with van der Waals surface area (Å²) in [5.41, 5.74) is -0.424. The summed E-state index contributed by atoms with van der Waals surface area (Å²) in [6.45, 7) is 0. The fourth-order valence-corrected chi connectivity index (χ4v) is 2.21. The molecular weight excluding hydrogens is 325 g/mol. The topological polar surface area (TPSA) is 34.2 Å². The fourth-order valence-electron chi connectivity index (χ4n) is 1.79. The molecule has 0 saturated heterocycles. The molecular formula is C12H10BrF3N2O. The summed E-state index contributed by atoms with van der Waals surface area (Å²) in [6, 6.07) is 4.24. The molecule has 19 heavy (non-hydrogen) atoms. The van der Waals surface area contributed by atoms with Crippen LogP contribution in [0.5, 0.6) is 5.75 Å². The molecule has 2 rings (SSSR count). The van der Waals surface area contributed by atoms with E-state index in [1.54, 1.807) is 19.2 Å². The van der Waals surface area contributed by atoms with Gasteiger partial charge in [-0.15, -0.1) is 0 Å². The van der Waals surface area contributed by atoms with E-state index in [9.17, 15) is 13.2 Å². The van der Waals surface area contributed by atoms with Gasteiger partial charge in [-0.2, -0.15) is 13.2 Å². The summed E-state index contributed by atoms with van der Waals surface area (Å²) in [4.78, 5) is 3.67. The minimum atomic E-state index is -4.50. The molecule has 1 aromatic heterocycles. The molecule has 0 aliphatic carbocycles. The van der Waals surface area contributed by atoms with Gasteiger partial charge in [0, 0.05) is 17.2 Å². The van der Waals surface area contributed by atoms with Gasteiger partial charge in [-0.05, 0) is 34.1 Å². The molecule has 0 bridgehead atoms. The van der Waals surface area contributed by atoms with Gasteiger partial charge in [0.2, 0.25) is 0 Å². The SMILES string of the molecule is CNc1cc(C(F)(F)F)nc2c(Br)ccc(OC)c12. The summed E-state index contributed by atoms with van der Waals surface area (Å²) in [5.74, 6) is 0.462. The Bertz CT molecular complexity index is 628. The first kappa shape index (κ1) is 13.9. The average Bonchev–Trinajstić information content (AvgIpc) is 2.37. The molecule has 3 nitrogen and oxygen atoms in total. The van der Waals surface area contributed by atoms with Crippen LogP contribution in [-0.2, 0) is 6.18 Å². The van der Waals surface area contributed by atoms with Crippen molar-refractivity contribution in [2.24, 2.45) is 0 Å². The maximum Gasteiger partial charge on any atom is 0.433 e. The molecule has 0 aliphatic rings. The molecule has 0 fully saturated rings. The van der Waals surface area contributed by atoms with E-state index in [1.807, 2.05) is 0 Å². The third-order valence-electron chi connectivity index (χ3n) is 2.65. The fraction of sp³-hybridized carbons (Fsp3) is 0.250. The quantitative estimate of drug-likeness (QED) is 0.899. The maximum atomic E-state index is 12.8. The summed E-state index contributed by atoms with van der Waals surface area (Å²) >= 11 is 3.21. The number of methoxy groups -OCH3 is 1. The van der Waals surface area contributed by atoms with Crippen molar-refractivity contribution < 1.29 is 17.9 Å². The number of rotatable bonds is 2. The monoisotopic (exact) mass is 334 g/mol. The summed E-state index contributed by atoms with van der Waals surface area (Å²) < 4.78 is 44.1. The van der Waals surface area contributed by atoms with E-state index in [0.717, 1.165) is 6.07 Å². The van der Waals surface area contributed by atoms with Crippen LogP contribution in [0.4, 0.5) is 18.9 Å². The van der Waals surface area contributed by atoms with Crippen LogP contribution in [-0.4, -0.2) is 19.1 Å². The number of halogens is 4. The number of hydrogen-bond donors (Lipinski definition) is 1. The molecule has 102 valence electrons. The second-order valence-electron chi connectivity index (χ2n) is 3.78. The molecule has 0 unspecified atom stereocenters. The number of fused-ring (bicyclic) bond motifs is 1. The molecule has 0 radical (unpaired) electrons. The van der Waals surface area contributed by atoms with E-state index in [2.05, 4.69) is 26.2 Å². The van der Waals surface area contributed by atoms with Gasteiger partial charge < -0.3 is 10.1 Å². The Balaban J connectivity index is 2.88. The highest BCUT2D eigenvalue weighted by Gasteiger charge is 2.34. The normalized spacial score (nSPS) is 11.7. The molecule has 7 heteroatoms. The molecule has 0 aliphatic heterocycles. The number of alkyl halides is 3. The number of hydrogen-bond acceptors (Lipinski definition) is 3. The van der Waals surface area contributed by atoms with Crippen molar-refractivity contribution >= 4 is 32.5 Å². The molecule has 0 atom stereocenters. The van der Waals surface area contributed by atoms with Crippen LogP contribution in [0.25, 0.3) is 10.9 Å². The van der Waals surface area contributed by atoms with Gasteiger partial charge in [-0.25, -0.2) is 4.98 Å².